The third-order valence-corrected chi connectivity index (χ3v) is 1.29. The maximum absolute atomic E-state index is 10.7. The molecular formula is C8H16HoO2. The first-order valence-corrected chi connectivity index (χ1v) is 3.96. The molecule has 71 valence electrons. The fourth-order valence-corrected chi connectivity index (χ4v) is 0.752. The van der Waals surface area contributed by atoms with Gasteiger partial charge in [0.05, 0.1) is 6.61 Å². The van der Waals surface area contributed by atoms with Gasteiger partial charge in [0, 0.05) is 44.2 Å². The number of unbranched alkanes of at least 4 members (excludes halogenated alkanes) is 2. The minimum atomic E-state index is -0.0593. The maximum atomic E-state index is 10.7. The number of carbonyl (C=O) groups is 1. The van der Waals surface area contributed by atoms with Gasteiger partial charge in [0.1, 0.15) is 0 Å². The van der Waals surface area contributed by atoms with Crippen LogP contribution in [0, 0.1) is 37.7 Å². The van der Waals surface area contributed by atoms with Crippen LogP contribution in [0.4, 0.5) is 0 Å². The summed E-state index contributed by atoms with van der Waals surface area (Å²) in [4.78, 5) is 10.7. The molecule has 0 aromatic rings. The van der Waals surface area contributed by atoms with E-state index in [1.54, 1.807) is 0 Å². The molecule has 0 atom stereocenters. The molecule has 0 aliphatic heterocycles. The van der Waals surface area contributed by atoms with Crippen molar-refractivity contribution in [3.63, 3.8) is 0 Å². The van der Waals surface area contributed by atoms with Gasteiger partial charge in [0.15, 0.2) is 0 Å². The summed E-state index contributed by atoms with van der Waals surface area (Å²) in [6.07, 6.45) is 3.83. The fraction of sp³-hybridized carbons (Fsp3) is 0.875. The summed E-state index contributed by atoms with van der Waals surface area (Å²) < 4.78 is 4.75. The molecule has 0 spiro atoms. The Balaban J connectivity index is 0. The van der Waals surface area contributed by atoms with Crippen LogP contribution in [0.15, 0.2) is 0 Å². The second kappa shape index (κ2) is 10.7. The summed E-state index contributed by atoms with van der Waals surface area (Å²) in [6.45, 7) is 4.45. The monoisotopic (exact) mass is 309 g/mol. The van der Waals surface area contributed by atoms with Gasteiger partial charge in [-0.3, -0.25) is 4.79 Å². The first-order valence-electron chi connectivity index (χ1n) is 3.96. The van der Waals surface area contributed by atoms with E-state index in [1.165, 1.54) is 0 Å². The fourth-order valence-electron chi connectivity index (χ4n) is 0.752. The number of carbonyl (C=O) groups excluding carboxylic acids is 1. The number of hydrogen-bond acceptors (Lipinski definition) is 2. The Bertz CT molecular complexity index is 94.1. The van der Waals surface area contributed by atoms with Crippen LogP contribution < -0.4 is 0 Å². The van der Waals surface area contributed by atoms with Crippen LogP contribution in [-0.2, 0) is 9.53 Å². The largest absolute Gasteiger partial charge is 0.466 e. The van der Waals surface area contributed by atoms with E-state index in [0.29, 0.717) is 13.0 Å². The van der Waals surface area contributed by atoms with Crippen molar-refractivity contribution in [2.75, 3.05) is 6.61 Å². The third-order valence-electron chi connectivity index (χ3n) is 1.29. The molecule has 0 aromatic carbocycles. The third kappa shape index (κ3) is 10.7. The van der Waals surface area contributed by atoms with E-state index in [1.807, 2.05) is 6.92 Å². The van der Waals surface area contributed by atoms with Crippen molar-refractivity contribution in [2.24, 2.45) is 0 Å². The second-order valence-electron chi connectivity index (χ2n) is 2.26. The van der Waals surface area contributed by atoms with E-state index in [0.717, 1.165) is 19.3 Å². The van der Waals surface area contributed by atoms with E-state index < -0.39 is 0 Å². The molecule has 0 amide bonds. The smallest absolute Gasteiger partial charge is 0.305 e. The summed E-state index contributed by atoms with van der Waals surface area (Å²) in [6, 6.07) is 0. The SMILES string of the molecule is CCCCCC(=O)OCC.[Ho]. The van der Waals surface area contributed by atoms with Crippen LogP contribution >= 0.6 is 0 Å². The molecule has 0 rings (SSSR count). The molecular weight excluding hydrogens is 293 g/mol. The normalized spacial score (nSPS) is 8.55. The van der Waals surface area contributed by atoms with E-state index in [9.17, 15) is 4.79 Å². The van der Waals surface area contributed by atoms with E-state index >= 15 is 0 Å². The van der Waals surface area contributed by atoms with E-state index in [4.69, 9.17) is 4.74 Å². The molecule has 0 saturated carbocycles. The van der Waals surface area contributed by atoms with E-state index in [2.05, 4.69) is 6.92 Å². The number of hydrogen-bond donors (Lipinski definition) is 0. The molecule has 0 fully saturated rings. The van der Waals surface area contributed by atoms with Crippen molar-refractivity contribution >= 4 is 5.97 Å². The molecule has 0 aliphatic rings. The quantitative estimate of drug-likeness (QED) is 0.442. The second-order valence-corrected chi connectivity index (χ2v) is 2.26. The van der Waals surface area contributed by atoms with Crippen molar-refractivity contribution in [1.29, 1.82) is 0 Å². The van der Waals surface area contributed by atoms with Crippen LogP contribution in [0.5, 0.6) is 0 Å². The summed E-state index contributed by atoms with van der Waals surface area (Å²) in [7, 11) is 0. The van der Waals surface area contributed by atoms with Gasteiger partial charge in [-0.25, -0.2) is 0 Å². The Kier molecular flexibility index (Phi) is 13.9. The number of ether oxygens (including phenoxy) is 1. The summed E-state index contributed by atoms with van der Waals surface area (Å²) >= 11 is 0. The van der Waals surface area contributed by atoms with Gasteiger partial charge in [-0.05, 0) is 13.3 Å². The average Bonchev–Trinajstić information content (AvgIpc) is 1.89. The Hall–Kier alpha value is 0.730. The zero-order chi connectivity index (χ0) is 7.82. The minimum absolute atomic E-state index is 0. The maximum Gasteiger partial charge on any atom is 0.305 e. The van der Waals surface area contributed by atoms with E-state index in [-0.39, 0.29) is 43.7 Å². The standard InChI is InChI=1S/C8H16O2.Ho/c1-3-5-6-7-8(9)10-4-2;/h3-7H2,1-2H3;. The van der Waals surface area contributed by atoms with Crippen LogP contribution in [0.1, 0.15) is 39.5 Å². The summed E-state index contributed by atoms with van der Waals surface area (Å²) in [5.74, 6) is -0.0593. The zero-order valence-electron chi connectivity index (χ0n) is 7.15. The Morgan fingerprint density at radius 1 is 1.27 bits per heavy atom. The predicted molar refractivity (Wildman–Crippen MR) is 40.8 cm³/mol. The molecule has 1 radical (unpaired) electrons. The summed E-state index contributed by atoms with van der Waals surface area (Å²) in [5, 5.41) is 0. The van der Waals surface area contributed by atoms with Crippen LogP contribution in [0.2, 0.25) is 0 Å². The van der Waals surface area contributed by atoms with Crippen LogP contribution in [0.3, 0.4) is 0 Å². The molecule has 2 nitrogen and oxygen atoms in total. The van der Waals surface area contributed by atoms with Gasteiger partial charge in [-0.2, -0.15) is 0 Å². The van der Waals surface area contributed by atoms with Crippen LogP contribution in [0.25, 0.3) is 0 Å². The summed E-state index contributed by atoms with van der Waals surface area (Å²) in [5.41, 5.74) is 0. The van der Waals surface area contributed by atoms with Crippen molar-refractivity contribution in [1.82, 2.24) is 0 Å². The van der Waals surface area contributed by atoms with Crippen molar-refractivity contribution in [3.05, 3.63) is 0 Å². The van der Waals surface area contributed by atoms with Gasteiger partial charge < -0.3 is 4.74 Å². The van der Waals surface area contributed by atoms with Gasteiger partial charge in [0.25, 0.3) is 0 Å². The Morgan fingerprint density at radius 2 is 1.91 bits per heavy atom. The van der Waals surface area contributed by atoms with Gasteiger partial charge in [0.2, 0.25) is 0 Å². The van der Waals surface area contributed by atoms with Gasteiger partial charge in [-0.15, -0.1) is 0 Å². The predicted octanol–water partition coefficient (Wildman–Crippen LogP) is 2.13. The molecule has 0 heterocycles. The minimum Gasteiger partial charge on any atom is -0.466 e. The van der Waals surface area contributed by atoms with Crippen LogP contribution in [-0.4, -0.2) is 12.6 Å². The molecule has 0 N–H and O–H groups in total. The molecule has 0 unspecified atom stereocenters. The Labute approximate surface area is 98.7 Å². The molecule has 0 aliphatic carbocycles. The first-order chi connectivity index (χ1) is 4.81. The molecule has 3 heteroatoms. The molecule has 11 heavy (non-hydrogen) atoms. The van der Waals surface area contributed by atoms with Crippen molar-refractivity contribution < 1.29 is 47.3 Å². The topological polar surface area (TPSA) is 26.3 Å². The molecule has 0 saturated heterocycles. The van der Waals surface area contributed by atoms with Gasteiger partial charge >= 0.3 is 5.97 Å². The van der Waals surface area contributed by atoms with Gasteiger partial charge in [-0.1, -0.05) is 19.8 Å². The van der Waals surface area contributed by atoms with Crippen molar-refractivity contribution in [2.45, 2.75) is 39.5 Å². The Morgan fingerprint density at radius 3 is 2.36 bits per heavy atom. The average molecular weight is 309 g/mol. The number of rotatable bonds is 5. The first kappa shape index (κ1) is 14.3. The number of esters is 1. The molecule has 0 bridgehead atoms. The molecule has 0 aromatic heterocycles. The zero-order valence-corrected chi connectivity index (χ0v) is 9.09. The van der Waals surface area contributed by atoms with Crippen molar-refractivity contribution in [3.8, 4) is 0 Å².